The number of sulfone groups is 1. The number of nitrogens with two attached hydrogens (primary N) is 2. The van der Waals surface area contributed by atoms with Gasteiger partial charge in [0.25, 0.3) is 17.6 Å². The molecule has 0 unspecified atom stereocenters. The second-order valence-corrected chi connectivity index (χ2v) is 36.1. The molecule has 0 radical (unpaired) electrons. The summed E-state index contributed by atoms with van der Waals surface area (Å²) in [4.78, 5) is 104. The number of anilines is 1. The average molecular weight is 1830 g/mol. The van der Waals surface area contributed by atoms with Crippen molar-refractivity contribution in [2.45, 2.75) is 210 Å². The van der Waals surface area contributed by atoms with Crippen LogP contribution in [0.15, 0.2) is 107 Å². The Morgan fingerprint density at radius 1 is 0.659 bits per heavy atom. The minimum Gasteiger partial charge on any atom is -0.491 e. The van der Waals surface area contributed by atoms with E-state index in [2.05, 4.69) is 15.6 Å². The molecule has 720 valence electrons. The number of esters is 1. The van der Waals surface area contributed by atoms with Crippen LogP contribution in [0.25, 0.3) is 11.1 Å². The Morgan fingerprint density at radius 3 is 1.93 bits per heavy atom. The summed E-state index contributed by atoms with van der Waals surface area (Å²) in [5.41, 5.74) is 17.6. The smallest absolute Gasteiger partial charge is 0.407 e. The number of carbonyl (C=O) groups is 7. The number of nitrogens with zero attached hydrogens (tertiary/aromatic N) is 3. The molecule has 9 N–H and O–H groups in total. The van der Waals surface area contributed by atoms with E-state index in [0.29, 0.717) is 185 Å². The molecule has 3 aromatic rings. The van der Waals surface area contributed by atoms with Crippen LogP contribution >= 0.6 is 0 Å². The highest BCUT2D eigenvalue weighted by Crippen LogP contribution is 2.39. The van der Waals surface area contributed by atoms with Crippen molar-refractivity contribution < 1.29 is 128 Å². The summed E-state index contributed by atoms with van der Waals surface area (Å²) in [6, 6.07) is 11.8. The van der Waals surface area contributed by atoms with E-state index in [1.165, 1.54) is 37.3 Å². The summed E-state index contributed by atoms with van der Waals surface area (Å²) < 4.78 is 114. The molecule has 16 atom stereocenters. The molecule has 5 aliphatic rings. The molecule has 1 saturated carbocycles. The Labute approximate surface area is 759 Å². The molecule has 1 aliphatic carbocycles. The quantitative estimate of drug-likeness (QED) is 0.0125. The standard InChI is InChI=1S/C94H141N7O27S/c1-62-16-12-11-13-17-63(2)80(114-8)58-73-23-19-68(7)94(111,128-73)89(106)91(108)101-32-15-14-18-77(101)92(109)126-82(59-81(115-9)65(4)53-67(6)87(104)88(105)86(103)66(5)52-62)76(95)55-69-20-26-79(83(56-69)116-10)127-93(110)98-30-35-118-38-40-120-42-44-122-46-48-124-50-49-123-47-45-121-43-41-119-39-37-117-34-29-85(102)97-31-51-129(112,113)74-24-25-75(64(3)54-74)90(107)100-33-36-125-78-27-21-70(57-72(78)61-100)71-22-28-84(96)99-60-71/h11-13,16-17,21-22,24-25,27-28,53-54,57,60,62,65-66,68-69,73,76-77,79-83,87-88,104-105,111H,14-15,18-20,23,26,29-52,55-56,58-59,61,95H2,1-10H3,(H2,96,99)(H,97,102)(H,98,110)/b13-11+,16-12+,63-17+,67-53+/t62-,65-,66-,68-,69+,73+,76-,77+,79-,80+,81-,82+,83-,87-,88+,94-/m1/s1. The van der Waals surface area contributed by atoms with Gasteiger partial charge in [-0.1, -0.05) is 70.2 Å². The van der Waals surface area contributed by atoms with Crippen molar-refractivity contribution >= 4 is 57.0 Å². The van der Waals surface area contributed by atoms with E-state index in [-0.39, 0.29) is 106 Å². The first-order valence-corrected chi connectivity index (χ1v) is 46.9. The number of fused-ring (bicyclic) bond motifs is 4. The number of ether oxygens (including phenoxy) is 15. The minimum absolute atomic E-state index is 0.0303. The number of allylic oxidation sites excluding steroid dienone is 5. The lowest BCUT2D eigenvalue weighted by molar-refractivity contribution is -0.265. The van der Waals surface area contributed by atoms with Gasteiger partial charge >= 0.3 is 12.1 Å². The number of aromatic nitrogens is 1. The van der Waals surface area contributed by atoms with E-state index in [4.69, 9.17) is 82.5 Å². The summed E-state index contributed by atoms with van der Waals surface area (Å²) in [6.45, 7) is 18.5. The predicted molar refractivity (Wildman–Crippen MR) is 479 cm³/mol. The van der Waals surface area contributed by atoms with Gasteiger partial charge in [-0.2, -0.15) is 0 Å². The van der Waals surface area contributed by atoms with Crippen molar-refractivity contribution in [3.8, 4) is 16.9 Å². The first-order valence-electron chi connectivity index (χ1n) is 45.3. The fraction of sp³-hybridized carbons (Fsp3) is 0.660. The fourth-order valence-corrected chi connectivity index (χ4v) is 17.8. The Hall–Kier alpha value is -8.05. The Morgan fingerprint density at radius 2 is 1.30 bits per heavy atom. The molecule has 2 bridgehead atoms. The Bertz CT molecular complexity index is 4250. The number of piperidine rings is 1. The van der Waals surface area contributed by atoms with E-state index in [9.17, 15) is 57.3 Å². The normalized spacial score (nSPS) is 27.3. The van der Waals surface area contributed by atoms with Gasteiger partial charge in [0.1, 0.15) is 48.6 Å². The summed E-state index contributed by atoms with van der Waals surface area (Å²) >= 11 is 0. The van der Waals surface area contributed by atoms with E-state index >= 15 is 0 Å². The largest absolute Gasteiger partial charge is 0.491 e. The number of benzene rings is 2. The highest BCUT2D eigenvalue weighted by atomic mass is 32.2. The maximum Gasteiger partial charge on any atom is 0.407 e. The molecular formula is C94H141N7O27S. The molecule has 2 aromatic carbocycles. The number of aliphatic hydroxyl groups is 3. The number of cyclic esters (lactones) is 1. The second kappa shape index (κ2) is 55.4. The summed E-state index contributed by atoms with van der Waals surface area (Å²) in [6.07, 6.45) is 9.46. The Balaban J connectivity index is 0.644. The third-order valence-corrected chi connectivity index (χ3v) is 25.9. The van der Waals surface area contributed by atoms with Crippen molar-refractivity contribution in [2.24, 2.45) is 35.3 Å². The van der Waals surface area contributed by atoms with Gasteiger partial charge in [-0.05, 0) is 162 Å². The van der Waals surface area contributed by atoms with Gasteiger partial charge in [-0.15, -0.1) is 0 Å². The molecule has 4 aliphatic heterocycles. The van der Waals surface area contributed by atoms with Crippen molar-refractivity contribution in [1.82, 2.24) is 25.4 Å². The van der Waals surface area contributed by atoms with Crippen LogP contribution in [0.3, 0.4) is 0 Å². The molecule has 2 saturated heterocycles. The topological polar surface area (TPSA) is 448 Å². The highest BCUT2D eigenvalue weighted by Gasteiger charge is 2.53. The van der Waals surface area contributed by atoms with E-state index < -0.39 is 124 Å². The van der Waals surface area contributed by atoms with Crippen LogP contribution in [0.5, 0.6) is 5.75 Å². The number of alkyl carbamates (subject to hydrolysis) is 1. The molecule has 35 heteroatoms. The molecule has 34 nitrogen and oxygen atoms in total. The van der Waals surface area contributed by atoms with Crippen molar-refractivity contribution in [2.75, 3.05) is 171 Å². The van der Waals surface area contributed by atoms with Gasteiger partial charge < -0.3 is 118 Å². The number of methoxy groups -OCH3 is 3. The lowest BCUT2D eigenvalue weighted by Crippen LogP contribution is -2.61. The first-order chi connectivity index (χ1) is 61.9. The number of ketones is 2. The number of hydrogen-bond acceptors (Lipinski definition) is 30. The van der Waals surface area contributed by atoms with E-state index in [1.54, 1.807) is 58.0 Å². The lowest BCUT2D eigenvalue weighted by Gasteiger charge is -2.43. The van der Waals surface area contributed by atoms with Gasteiger partial charge in [0, 0.05) is 113 Å². The summed E-state index contributed by atoms with van der Waals surface area (Å²) in [5, 5.41) is 40.3. The van der Waals surface area contributed by atoms with Gasteiger partial charge in [-0.25, -0.2) is 23.0 Å². The van der Waals surface area contributed by atoms with Crippen LogP contribution in [-0.2, 0) is 107 Å². The number of carbonyl (C=O) groups excluding carboxylic acids is 7. The van der Waals surface area contributed by atoms with Crippen LogP contribution in [-0.4, -0.2) is 312 Å². The number of hydrogen-bond donors (Lipinski definition) is 7. The van der Waals surface area contributed by atoms with Crippen LogP contribution in [0, 0.1) is 36.5 Å². The molecule has 0 spiro atoms. The van der Waals surface area contributed by atoms with E-state index in [1.807, 2.05) is 75.4 Å². The van der Waals surface area contributed by atoms with Crippen molar-refractivity contribution in [1.29, 1.82) is 0 Å². The maximum absolute atomic E-state index is 14.8. The first kappa shape index (κ1) is 106. The number of nitrogens with one attached hydrogen (secondary N) is 2. The van der Waals surface area contributed by atoms with Gasteiger partial charge in [0.15, 0.2) is 15.6 Å². The summed E-state index contributed by atoms with van der Waals surface area (Å²) in [7, 11) is 0.799. The van der Waals surface area contributed by atoms with E-state index in [0.717, 1.165) is 22.3 Å². The third kappa shape index (κ3) is 34.2. The number of rotatable bonds is 40. The SMILES string of the molecule is CO[C@H]1C[C@@H]2CC[C@@H](C)[C@@](O)(O2)C(=O)C(=O)N2CCCC[C@H]2C(=O)O[C@H]([C@H](N)C[C@@H]2CC[C@@H](OC(=O)NCCOCCOCCOCCOCCOCCOCCOCCOCCC(=O)NCCS(=O)(=O)c3ccc(C(=O)N4CCOc5ccc(-c6ccc(N)nc6)cc5C4)c(C)c3)[C@H](OC)C2)C[C@@H](OC)[C@H](C)/C=C(\C)[C@@H](O)[C@@H](O)C(=O)[C@H](C)C[C@H](C)/C=C/C=C/C=C/1C. The van der Waals surface area contributed by atoms with Gasteiger partial charge in [-0.3, -0.25) is 24.0 Å². The van der Waals surface area contributed by atoms with Gasteiger partial charge in [0.05, 0.1) is 147 Å². The zero-order chi connectivity index (χ0) is 93.4. The minimum atomic E-state index is -3.79. The number of aliphatic hydroxyl groups excluding tert-OH is 2. The lowest BCUT2D eigenvalue weighted by atomic mass is 9.80. The fourth-order valence-electron chi connectivity index (χ4n) is 16.5. The number of nitrogen functional groups attached to an aromatic ring is 1. The van der Waals surface area contributed by atoms with Crippen LogP contribution in [0.1, 0.15) is 146 Å². The summed E-state index contributed by atoms with van der Waals surface area (Å²) in [5.74, 6) is -7.88. The van der Waals surface area contributed by atoms with Crippen LogP contribution in [0.4, 0.5) is 10.6 Å². The third-order valence-electron chi connectivity index (χ3n) is 24.2. The number of aryl methyl sites for hydroxylation is 1. The van der Waals surface area contributed by atoms with Crippen molar-refractivity contribution in [3.63, 3.8) is 0 Å². The molecule has 5 heterocycles. The molecule has 3 fully saturated rings. The number of amides is 4. The van der Waals surface area contributed by atoms with Crippen molar-refractivity contribution in [3.05, 3.63) is 119 Å². The number of pyridine rings is 1. The maximum atomic E-state index is 14.8. The van der Waals surface area contributed by atoms with Gasteiger partial charge in [0.2, 0.25) is 11.7 Å². The predicted octanol–water partition coefficient (Wildman–Crippen LogP) is 7.50. The second-order valence-electron chi connectivity index (χ2n) is 33.9. The monoisotopic (exact) mass is 1830 g/mol. The number of Topliss-reactive ketones (excluding diaryl/α,β-unsaturated/α-hetero) is 2. The Kier molecular flexibility index (Phi) is 45.7. The molecule has 129 heavy (non-hydrogen) atoms. The molecular weight excluding hydrogens is 1690 g/mol. The molecule has 8 rings (SSSR count). The molecule has 1 aromatic heterocycles. The average Bonchev–Trinajstić information content (AvgIpc) is 0.853. The molecule has 4 amide bonds. The highest BCUT2D eigenvalue weighted by molar-refractivity contribution is 7.91. The zero-order valence-electron chi connectivity index (χ0n) is 76.8. The van der Waals surface area contributed by atoms with Crippen LogP contribution in [0.2, 0.25) is 0 Å². The van der Waals surface area contributed by atoms with Crippen LogP contribution < -0.4 is 26.8 Å². The zero-order valence-corrected chi connectivity index (χ0v) is 77.6.